The zero-order chi connectivity index (χ0) is 10.5. The number of aromatic nitrogens is 1. The number of rotatable bonds is 3. The molecule has 1 fully saturated rings. The van der Waals surface area contributed by atoms with Crippen LogP contribution in [0.25, 0.3) is 0 Å². The average molecular weight is 196 g/mol. The fourth-order valence-corrected chi connectivity index (χ4v) is 1.27. The molecule has 0 N–H and O–H groups in total. The Morgan fingerprint density at radius 2 is 2.00 bits per heavy atom. The molecule has 1 aromatic rings. The van der Waals surface area contributed by atoms with Gasteiger partial charge in [-0.3, -0.25) is 9.78 Å². The van der Waals surface area contributed by atoms with Gasteiger partial charge in [0.25, 0.3) is 0 Å². The van der Waals surface area contributed by atoms with Crippen LogP contribution in [-0.4, -0.2) is 10.8 Å². The van der Waals surface area contributed by atoms with Crippen LogP contribution in [0.2, 0.25) is 0 Å². The van der Waals surface area contributed by atoms with Gasteiger partial charge in [0.1, 0.15) is 5.69 Å². The molecule has 0 unspecified atom stereocenters. The third-order valence-corrected chi connectivity index (χ3v) is 2.03. The van der Waals surface area contributed by atoms with E-state index in [2.05, 4.69) is 4.98 Å². The molecule has 0 atom stereocenters. The van der Waals surface area contributed by atoms with Crippen LogP contribution in [0.3, 0.4) is 0 Å². The molecule has 1 aliphatic carbocycles. The second-order valence-electron chi connectivity index (χ2n) is 3.13. The molecule has 1 heterocycles. The van der Waals surface area contributed by atoms with Crippen molar-refractivity contribution in [2.24, 2.45) is 0 Å². The van der Waals surface area contributed by atoms with Crippen molar-refractivity contribution in [3.05, 3.63) is 73.8 Å². The van der Waals surface area contributed by atoms with Gasteiger partial charge in [-0.05, 0) is 43.9 Å². The van der Waals surface area contributed by atoms with E-state index in [1.807, 2.05) is 25.7 Å². The number of ketones is 1. The topological polar surface area (TPSA) is 30.0 Å². The third-order valence-electron chi connectivity index (χ3n) is 2.03. The highest BCUT2D eigenvalue weighted by Crippen LogP contribution is 2.23. The molecular formula is C13H10NO. The molecule has 0 bridgehead atoms. The van der Waals surface area contributed by atoms with Gasteiger partial charge >= 0.3 is 0 Å². The standard InChI is InChI=1S/C13H10NO/c15-13(12-7-3-4-10-14-12)9-8-11-5-1-2-6-11/h1-10H/b9-8+. The summed E-state index contributed by atoms with van der Waals surface area (Å²) in [6, 6.07) is 5.30. The van der Waals surface area contributed by atoms with Gasteiger partial charge in [-0.15, -0.1) is 0 Å². The van der Waals surface area contributed by atoms with Crippen molar-refractivity contribution in [1.82, 2.24) is 4.98 Å². The van der Waals surface area contributed by atoms with E-state index in [-0.39, 0.29) is 5.78 Å². The zero-order valence-corrected chi connectivity index (χ0v) is 8.13. The summed E-state index contributed by atoms with van der Waals surface area (Å²) in [6.07, 6.45) is 12.7. The van der Waals surface area contributed by atoms with Crippen molar-refractivity contribution in [2.45, 2.75) is 0 Å². The summed E-state index contributed by atoms with van der Waals surface area (Å²) >= 11 is 0. The number of pyridine rings is 1. The molecular weight excluding hydrogens is 186 g/mol. The molecule has 0 aliphatic heterocycles. The van der Waals surface area contributed by atoms with Gasteiger partial charge in [-0.1, -0.05) is 12.1 Å². The molecule has 73 valence electrons. The summed E-state index contributed by atoms with van der Waals surface area (Å²) in [4.78, 5) is 15.6. The molecule has 5 radical (unpaired) electrons. The van der Waals surface area contributed by atoms with Gasteiger partial charge in [0.15, 0.2) is 0 Å². The van der Waals surface area contributed by atoms with Crippen molar-refractivity contribution in [1.29, 1.82) is 0 Å². The predicted molar refractivity (Wildman–Crippen MR) is 58.2 cm³/mol. The number of nitrogens with zero attached hydrogens (tertiary/aromatic N) is 1. The highest BCUT2D eigenvalue weighted by atomic mass is 16.1. The minimum Gasteiger partial charge on any atom is -0.288 e. The lowest BCUT2D eigenvalue weighted by molar-refractivity contribution is 0.104. The summed E-state index contributed by atoms with van der Waals surface area (Å²) in [5.74, 6) is 0.955. The first kappa shape index (κ1) is 10.1. The van der Waals surface area contributed by atoms with E-state index in [9.17, 15) is 4.79 Å². The van der Waals surface area contributed by atoms with Crippen LogP contribution in [0.15, 0.2) is 36.5 Å². The van der Waals surface area contributed by atoms with Gasteiger partial charge in [0.2, 0.25) is 5.78 Å². The molecule has 0 spiro atoms. The van der Waals surface area contributed by atoms with Gasteiger partial charge in [-0.2, -0.15) is 0 Å². The summed E-state index contributed by atoms with van der Waals surface area (Å²) < 4.78 is 0. The Balaban J connectivity index is 1.97. The van der Waals surface area contributed by atoms with Gasteiger partial charge in [-0.25, -0.2) is 0 Å². The van der Waals surface area contributed by atoms with Gasteiger partial charge in [0, 0.05) is 12.1 Å². The maximum absolute atomic E-state index is 11.6. The van der Waals surface area contributed by atoms with Crippen molar-refractivity contribution in [2.75, 3.05) is 0 Å². The number of carbonyl (C=O) groups excluding carboxylic acids is 1. The second kappa shape index (κ2) is 4.87. The summed E-state index contributed by atoms with van der Waals surface area (Å²) in [5.41, 5.74) is 0.473. The monoisotopic (exact) mass is 196 g/mol. The van der Waals surface area contributed by atoms with Crippen LogP contribution in [0.1, 0.15) is 10.5 Å². The summed E-state index contributed by atoms with van der Waals surface area (Å²) in [7, 11) is 0. The molecule has 0 amide bonds. The van der Waals surface area contributed by atoms with Gasteiger partial charge < -0.3 is 0 Å². The Labute approximate surface area is 90.0 Å². The molecule has 1 aromatic heterocycles. The Morgan fingerprint density at radius 3 is 2.67 bits per heavy atom. The van der Waals surface area contributed by atoms with E-state index >= 15 is 0 Å². The largest absolute Gasteiger partial charge is 0.288 e. The van der Waals surface area contributed by atoms with Crippen molar-refractivity contribution < 1.29 is 4.79 Å². The van der Waals surface area contributed by atoms with Crippen LogP contribution in [-0.2, 0) is 0 Å². The SMILES string of the molecule is O=C(/C=C/[C]1[CH][CH][CH][CH]1)c1ccccn1. The highest BCUT2D eigenvalue weighted by molar-refractivity contribution is 6.03. The third kappa shape index (κ3) is 2.75. The van der Waals surface area contributed by atoms with Crippen LogP contribution < -0.4 is 0 Å². The van der Waals surface area contributed by atoms with E-state index in [1.54, 1.807) is 30.5 Å². The number of carbonyl (C=O) groups is 1. The molecule has 2 rings (SSSR count). The first-order valence-electron chi connectivity index (χ1n) is 4.71. The molecule has 15 heavy (non-hydrogen) atoms. The predicted octanol–water partition coefficient (Wildman–Crippen LogP) is 2.23. The maximum Gasteiger partial charge on any atom is 0.203 e. The Bertz CT molecular complexity index is 350. The van der Waals surface area contributed by atoms with Crippen LogP contribution in [0.4, 0.5) is 0 Å². The van der Waals surface area contributed by atoms with Crippen molar-refractivity contribution >= 4 is 5.78 Å². The first-order valence-corrected chi connectivity index (χ1v) is 4.71. The lowest BCUT2D eigenvalue weighted by Crippen LogP contribution is -1.98. The fraction of sp³-hybridized carbons (Fsp3) is 0. The van der Waals surface area contributed by atoms with Crippen LogP contribution >= 0.6 is 0 Å². The molecule has 0 saturated heterocycles. The van der Waals surface area contributed by atoms with E-state index in [0.717, 1.165) is 5.92 Å². The smallest absolute Gasteiger partial charge is 0.203 e. The van der Waals surface area contributed by atoms with E-state index in [4.69, 9.17) is 0 Å². The van der Waals surface area contributed by atoms with E-state index in [1.165, 1.54) is 6.08 Å². The molecule has 2 heteroatoms. The lowest BCUT2D eigenvalue weighted by atomic mass is 10.1. The molecule has 2 nitrogen and oxygen atoms in total. The van der Waals surface area contributed by atoms with Crippen molar-refractivity contribution in [3.8, 4) is 0 Å². The highest BCUT2D eigenvalue weighted by Gasteiger charge is 2.14. The minimum absolute atomic E-state index is 0.0724. The number of allylic oxidation sites excluding steroid dienone is 2. The second-order valence-corrected chi connectivity index (χ2v) is 3.13. The van der Waals surface area contributed by atoms with E-state index in [0.29, 0.717) is 5.69 Å². The van der Waals surface area contributed by atoms with Crippen LogP contribution in [0, 0.1) is 31.6 Å². The number of hydrogen-bond acceptors (Lipinski definition) is 2. The Morgan fingerprint density at radius 1 is 1.20 bits per heavy atom. The van der Waals surface area contributed by atoms with E-state index < -0.39 is 0 Å². The first-order chi connectivity index (χ1) is 7.36. The van der Waals surface area contributed by atoms with Crippen LogP contribution in [0.5, 0.6) is 0 Å². The Kier molecular flexibility index (Phi) is 3.28. The summed E-state index contributed by atoms with van der Waals surface area (Å²) in [5, 5.41) is 0. The lowest BCUT2D eigenvalue weighted by Gasteiger charge is -1.98. The molecule has 0 aromatic carbocycles. The summed E-state index contributed by atoms with van der Waals surface area (Å²) in [6.45, 7) is 0. The average Bonchev–Trinajstić information content (AvgIpc) is 2.80. The fourth-order valence-electron chi connectivity index (χ4n) is 1.27. The normalized spacial score (nSPS) is 17.3. The zero-order valence-electron chi connectivity index (χ0n) is 8.13. The quantitative estimate of drug-likeness (QED) is 0.548. The van der Waals surface area contributed by atoms with Crippen molar-refractivity contribution in [3.63, 3.8) is 0 Å². The Hall–Kier alpha value is -1.44. The number of hydrogen-bond donors (Lipinski definition) is 0. The molecule has 1 saturated carbocycles. The maximum atomic E-state index is 11.6. The van der Waals surface area contributed by atoms with Gasteiger partial charge in [0.05, 0.1) is 0 Å². The minimum atomic E-state index is -0.0724. The molecule has 1 aliphatic rings.